The van der Waals surface area contributed by atoms with Crippen molar-refractivity contribution >= 4 is 0 Å². The van der Waals surface area contributed by atoms with Crippen LogP contribution in [0.15, 0.2) is 24.5 Å². The maximum absolute atomic E-state index is 12.8. The van der Waals surface area contributed by atoms with Crippen LogP contribution in [0.25, 0.3) is 11.4 Å². The molecule has 3 N–H and O–H groups in total. The third kappa shape index (κ3) is 2.56. The van der Waals surface area contributed by atoms with Crippen LogP contribution in [-0.2, 0) is 0 Å². The zero-order valence-corrected chi connectivity index (χ0v) is 10.5. The molecule has 0 amide bonds. The fourth-order valence-electron chi connectivity index (χ4n) is 1.69. The Morgan fingerprint density at radius 2 is 2.11 bits per heavy atom. The van der Waals surface area contributed by atoms with Gasteiger partial charge in [0.1, 0.15) is 11.6 Å². The van der Waals surface area contributed by atoms with E-state index < -0.39 is 0 Å². The topological polar surface area (TPSA) is 67.6 Å². The monoisotopic (exact) mass is 248 g/mol. The number of aromatic nitrogens is 3. The number of nitrogens with zero attached hydrogens (tertiary/aromatic N) is 2. The summed E-state index contributed by atoms with van der Waals surface area (Å²) in [5.41, 5.74) is 7.50. The lowest BCUT2D eigenvalue weighted by molar-refractivity contribution is 0.441. The lowest BCUT2D eigenvalue weighted by Gasteiger charge is -2.15. The van der Waals surface area contributed by atoms with E-state index in [-0.39, 0.29) is 11.9 Å². The van der Waals surface area contributed by atoms with Gasteiger partial charge in [-0.25, -0.2) is 9.37 Å². The standard InChI is InChI=1S/C13H17FN4/c1-3-8(2)12(15)13-17-7-11(18-13)10-5-4-9(14)6-16-10/h4-8,12H,3,15H2,1-2H3,(H,17,18). The predicted molar refractivity (Wildman–Crippen MR) is 68.2 cm³/mol. The molecular weight excluding hydrogens is 231 g/mol. The van der Waals surface area contributed by atoms with Crippen molar-refractivity contribution in [2.75, 3.05) is 0 Å². The second-order valence-electron chi connectivity index (χ2n) is 4.46. The maximum atomic E-state index is 12.8. The van der Waals surface area contributed by atoms with Crippen LogP contribution in [0.1, 0.15) is 32.1 Å². The van der Waals surface area contributed by atoms with Crippen molar-refractivity contribution in [2.24, 2.45) is 11.7 Å². The Kier molecular flexibility index (Phi) is 3.72. The normalized spacial score (nSPS) is 14.4. The molecule has 0 radical (unpaired) electrons. The smallest absolute Gasteiger partial charge is 0.141 e. The molecule has 0 aliphatic heterocycles. The number of H-pyrrole nitrogens is 1. The van der Waals surface area contributed by atoms with Gasteiger partial charge in [0.25, 0.3) is 0 Å². The number of nitrogens with two attached hydrogens (primary N) is 1. The summed E-state index contributed by atoms with van der Waals surface area (Å²) < 4.78 is 12.8. The quantitative estimate of drug-likeness (QED) is 0.874. The Morgan fingerprint density at radius 3 is 2.72 bits per heavy atom. The number of hydrogen-bond donors (Lipinski definition) is 2. The van der Waals surface area contributed by atoms with Crippen molar-refractivity contribution in [1.82, 2.24) is 15.0 Å². The SMILES string of the molecule is CCC(C)C(N)c1ncc(-c2ccc(F)cn2)[nH]1. The Labute approximate surface area is 105 Å². The molecule has 0 bridgehead atoms. The lowest BCUT2D eigenvalue weighted by atomic mass is 10.00. The van der Waals surface area contributed by atoms with Gasteiger partial charge < -0.3 is 10.7 Å². The number of hydrogen-bond acceptors (Lipinski definition) is 3. The lowest BCUT2D eigenvalue weighted by Crippen LogP contribution is -2.19. The van der Waals surface area contributed by atoms with Crippen molar-refractivity contribution in [3.63, 3.8) is 0 Å². The fourth-order valence-corrected chi connectivity index (χ4v) is 1.69. The molecular formula is C13H17FN4. The molecule has 0 aliphatic rings. The molecule has 4 nitrogen and oxygen atoms in total. The molecule has 0 fully saturated rings. The molecule has 2 unspecified atom stereocenters. The van der Waals surface area contributed by atoms with E-state index in [4.69, 9.17) is 5.73 Å². The summed E-state index contributed by atoms with van der Waals surface area (Å²) >= 11 is 0. The molecule has 0 saturated carbocycles. The molecule has 2 heterocycles. The van der Waals surface area contributed by atoms with Gasteiger partial charge >= 0.3 is 0 Å². The molecule has 0 saturated heterocycles. The summed E-state index contributed by atoms with van der Waals surface area (Å²) in [5, 5.41) is 0. The third-order valence-corrected chi connectivity index (χ3v) is 3.17. The molecule has 0 spiro atoms. The molecule has 96 valence electrons. The average molecular weight is 248 g/mol. The molecule has 2 atom stereocenters. The van der Waals surface area contributed by atoms with Gasteiger partial charge in [0.15, 0.2) is 0 Å². The second kappa shape index (κ2) is 5.27. The van der Waals surface area contributed by atoms with E-state index in [0.717, 1.165) is 17.9 Å². The van der Waals surface area contributed by atoms with Crippen molar-refractivity contribution < 1.29 is 4.39 Å². The Morgan fingerprint density at radius 1 is 1.33 bits per heavy atom. The van der Waals surface area contributed by atoms with E-state index in [0.29, 0.717) is 11.6 Å². The minimum atomic E-state index is -0.352. The molecule has 2 aromatic rings. The van der Waals surface area contributed by atoms with Crippen LogP contribution < -0.4 is 5.73 Å². The summed E-state index contributed by atoms with van der Waals surface area (Å²) in [6.07, 6.45) is 3.86. The summed E-state index contributed by atoms with van der Waals surface area (Å²) in [6.45, 7) is 4.18. The van der Waals surface area contributed by atoms with E-state index in [1.807, 2.05) is 0 Å². The van der Waals surface area contributed by atoms with Gasteiger partial charge in [-0.15, -0.1) is 0 Å². The van der Waals surface area contributed by atoms with Gasteiger partial charge in [-0.05, 0) is 18.1 Å². The number of pyridine rings is 1. The Balaban J connectivity index is 2.22. The van der Waals surface area contributed by atoms with Crippen LogP contribution in [0.5, 0.6) is 0 Å². The number of nitrogens with one attached hydrogen (secondary N) is 1. The average Bonchev–Trinajstić information content (AvgIpc) is 2.87. The van der Waals surface area contributed by atoms with Gasteiger partial charge in [-0.3, -0.25) is 4.98 Å². The highest BCUT2D eigenvalue weighted by Crippen LogP contribution is 2.22. The molecule has 0 aliphatic carbocycles. The Hall–Kier alpha value is -1.75. The highest BCUT2D eigenvalue weighted by molar-refractivity contribution is 5.52. The zero-order chi connectivity index (χ0) is 13.1. The van der Waals surface area contributed by atoms with Gasteiger partial charge in [0.2, 0.25) is 0 Å². The van der Waals surface area contributed by atoms with Gasteiger partial charge in [-0.2, -0.15) is 0 Å². The first-order valence-electron chi connectivity index (χ1n) is 6.04. The summed E-state index contributed by atoms with van der Waals surface area (Å²) in [7, 11) is 0. The highest BCUT2D eigenvalue weighted by Gasteiger charge is 2.16. The number of imidazole rings is 1. The van der Waals surface area contributed by atoms with Gasteiger partial charge in [0, 0.05) is 0 Å². The van der Waals surface area contributed by atoms with E-state index in [1.165, 1.54) is 12.3 Å². The van der Waals surface area contributed by atoms with Crippen molar-refractivity contribution in [1.29, 1.82) is 0 Å². The first-order valence-corrected chi connectivity index (χ1v) is 6.04. The molecule has 0 aromatic carbocycles. The van der Waals surface area contributed by atoms with Gasteiger partial charge in [-0.1, -0.05) is 20.3 Å². The Bertz CT molecular complexity index is 506. The van der Waals surface area contributed by atoms with E-state index in [2.05, 4.69) is 28.8 Å². The van der Waals surface area contributed by atoms with E-state index in [1.54, 1.807) is 12.3 Å². The molecule has 5 heteroatoms. The number of halogens is 1. The van der Waals surface area contributed by atoms with Crippen LogP contribution in [0.3, 0.4) is 0 Å². The fraction of sp³-hybridized carbons (Fsp3) is 0.385. The first kappa shape index (κ1) is 12.7. The highest BCUT2D eigenvalue weighted by atomic mass is 19.1. The van der Waals surface area contributed by atoms with E-state index >= 15 is 0 Å². The largest absolute Gasteiger partial charge is 0.339 e. The van der Waals surface area contributed by atoms with Crippen LogP contribution in [0.4, 0.5) is 4.39 Å². The first-order chi connectivity index (χ1) is 8.61. The molecule has 18 heavy (non-hydrogen) atoms. The predicted octanol–water partition coefficient (Wildman–Crippen LogP) is 2.66. The molecule has 2 rings (SSSR count). The van der Waals surface area contributed by atoms with Crippen LogP contribution in [-0.4, -0.2) is 15.0 Å². The van der Waals surface area contributed by atoms with Crippen LogP contribution in [0, 0.1) is 11.7 Å². The van der Waals surface area contributed by atoms with Crippen molar-refractivity contribution in [3.8, 4) is 11.4 Å². The number of aromatic amines is 1. The van der Waals surface area contributed by atoms with Crippen LogP contribution in [0.2, 0.25) is 0 Å². The minimum absolute atomic E-state index is 0.121. The van der Waals surface area contributed by atoms with Crippen molar-refractivity contribution in [3.05, 3.63) is 36.2 Å². The third-order valence-electron chi connectivity index (χ3n) is 3.17. The summed E-state index contributed by atoms with van der Waals surface area (Å²) in [5.74, 6) is 0.741. The summed E-state index contributed by atoms with van der Waals surface area (Å²) in [4.78, 5) is 11.4. The maximum Gasteiger partial charge on any atom is 0.141 e. The minimum Gasteiger partial charge on any atom is -0.339 e. The van der Waals surface area contributed by atoms with Crippen molar-refractivity contribution in [2.45, 2.75) is 26.3 Å². The number of rotatable bonds is 4. The summed E-state index contributed by atoms with van der Waals surface area (Å²) in [6, 6.07) is 2.86. The second-order valence-corrected chi connectivity index (χ2v) is 4.46. The van der Waals surface area contributed by atoms with Gasteiger partial charge in [0.05, 0.1) is 29.8 Å². The molecule has 2 aromatic heterocycles. The zero-order valence-electron chi connectivity index (χ0n) is 10.5. The van der Waals surface area contributed by atoms with Crippen LogP contribution >= 0.6 is 0 Å². The van der Waals surface area contributed by atoms with E-state index in [9.17, 15) is 4.39 Å².